The van der Waals surface area contributed by atoms with Crippen molar-refractivity contribution in [2.75, 3.05) is 20.3 Å². The quantitative estimate of drug-likeness (QED) is 0.840. The van der Waals surface area contributed by atoms with Crippen molar-refractivity contribution >= 4 is 0 Å². The number of hydrogen-bond donors (Lipinski definition) is 2. The first-order chi connectivity index (χ1) is 9.61. The van der Waals surface area contributed by atoms with E-state index in [1.807, 2.05) is 7.05 Å². The van der Waals surface area contributed by atoms with Crippen molar-refractivity contribution in [3.05, 3.63) is 29.3 Å². The summed E-state index contributed by atoms with van der Waals surface area (Å²) in [4.78, 5) is 0. The van der Waals surface area contributed by atoms with Gasteiger partial charge >= 0.3 is 0 Å². The van der Waals surface area contributed by atoms with E-state index >= 15 is 0 Å². The van der Waals surface area contributed by atoms with Gasteiger partial charge < -0.3 is 15.2 Å². The molecule has 0 radical (unpaired) electrons. The molecule has 1 aromatic carbocycles. The Balaban J connectivity index is 1.89. The highest BCUT2D eigenvalue weighted by Crippen LogP contribution is 2.37. The Morgan fingerprint density at radius 2 is 2.20 bits per heavy atom. The van der Waals surface area contributed by atoms with Gasteiger partial charge in [-0.3, -0.25) is 0 Å². The van der Waals surface area contributed by atoms with Crippen molar-refractivity contribution in [3.8, 4) is 5.75 Å². The van der Waals surface area contributed by atoms with Crippen LogP contribution in [0.1, 0.15) is 36.8 Å². The van der Waals surface area contributed by atoms with Gasteiger partial charge in [-0.2, -0.15) is 0 Å². The smallest absolute Gasteiger partial charge is 0.122 e. The fraction of sp³-hybridized carbons (Fsp3) is 0.647. The van der Waals surface area contributed by atoms with Crippen molar-refractivity contribution in [2.45, 2.75) is 45.1 Å². The second-order valence-corrected chi connectivity index (χ2v) is 6.06. The molecular weight excluding hydrogens is 250 g/mol. The molecule has 0 bridgehead atoms. The monoisotopic (exact) mass is 277 g/mol. The van der Waals surface area contributed by atoms with Crippen LogP contribution < -0.4 is 10.1 Å². The number of aliphatic hydroxyl groups excluding tert-OH is 1. The Bertz CT molecular complexity index is 441. The number of hydrogen-bond acceptors (Lipinski definition) is 3. The highest BCUT2D eigenvalue weighted by molar-refractivity contribution is 5.35. The Morgan fingerprint density at radius 1 is 1.40 bits per heavy atom. The fourth-order valence-corrected chi connectivity index (χ4v) is 3.45. The number of aryl methyl sites for hydroxylation is 2. The summed E-state index contributed by atoms with van der Waals surface area (Å²) in [7, 11) is 1.96. The molecule has 1 fully saturated rings. The fourth-order valence-electron chi connectivity index (χ4n) is 3.45. The van der Waals surface area contributed by atoms with Crippen molar-refractivity contribution in [3.63, 3.8) is 0 Å². The lowest BCUT2D eigenvalue weighted by Gasteiger charge is -2.33. The van der Waals surface area contributed by atoms with Crippen LogP contribution in [0.2, 0.25) is 0 Å². The minimum atomic E-state index is -0.0916. The predicted octanol–water partition coefficient (Wildman–Crippen LogP) is 2.82. The first kappa shape index (κ1) is 15.3. The molecule has 2 atom stereocenters. The maximum absolute atomic E-state index is 9.67. The van der Waals surface area contributed by atoms with Crippen molar-refractivity contribution in [1.82, 2.24) is 5.32 Å². The van der Waals surface area contributed by atoms with Gasteiger partial charge in [-0.1, -0.05) is 24.1 Å². The van der Waals surface area contributed by atoms with Crippen LogP contribution in [0.25, 0.3) is 0 Å². The summed E-state index contributed by atoms with van der Waals surface area (Å²) >= 11 is 0. The molecule has 3 heteroatoms. The topological polar surface area (TPSA) is 41.5 Å². The van der Waals surface area contributed by atoms with Crippen LogP contribution in [0, 0.1) is 19.8 Å². The molecule has 2 N–H and O–H groups in total. The van der Waals surface area contributed by atoms with Crippen molar-refractivity contribution in [1.29, 1.82) is 0 Å². The first-order valence-corrected chi connectivity index (χ1v) is 7.61. The molecule has 1 aromatic rings. The van der Waals surface area contributed by atoms with Gasteiger partial charge in [0, 0.05) is 5.54 Å². The van der Waals surface area contributed by atoms with Gasteiger partial charge in [-0.25, -0.2) is 0 Å². The van der Waals surface area contributed by atoms with Crippen molar-refractivity contribution in [2.24, 2.45) is 5.92 Å². The largest absolute Gasteiger partial charge is 0.493 e. The van der Waals surface area contributed by atoms with E-state index in [1.165, 1.54) is 24.0 Å². The lowest BCUT2D eigenvalue weighted by Crippen LogP contribution is -2.49. The van der Waals surface area contributed by atoms with Gasteiger partial charge in [0.25, 0.3) is 0 Å². The molecule has 20 heavy (non-hydrogen) atoms. The van der Waals surface area contributed by atoms with E-state index in [0.29, 0.717) is 5.92 Å². The normalized spacial score (nSPS) is 25.9. The van der Waals surface area contributed by atoms with E-state index in [4.69, 9.17) is 4.74 Å². The Hall–Kier alpha value is -1.06. The van der Waals surface area contributed by atoms with Gasteiger partial charge in [0.15, 0.2) is 0 Å². The molecule has 0 aromatic heterocycles. The number of benzene rings is 1. The molecule has 1 aliphatic rings. The second kappa shape index (κ2) is 6.59. The van der Waals surface area contributed by atoms with Crippen LogP contribution in [0.4, 0.5) is 0 Å². The standard InChI is InChI=1S/C17H27NO2/c1-13-6-7-16(14(2)11-13)20-10-8-15-5-4-9-17(15,12-19)18-3/h6-7,11,15,18-19H,4-5,8-10,12H2,1-3H3. The third-order valence-corrected chi connectivity index (χ3v) is 4.79. The Morgan fingerprint density at radius 3 is 2.85 bits per heavy atom. The summed E-state index contributed by atoms with van der Waals surface area (Å²) in [5, 5.41) is 13.0. The molecule has 112 valence electrons. The predicted molar refractivity (Wildman–Crippen MR) is 82.2 cm³/mol. The SMILES string of the molecule is CNC1(CO)CCCC1CCOc1ccc(C)cc1C. The molecule has 3 nitrogen and oxygen atoms in total. The zero-order valence-corrected chi connectivity index (χ0v) is 12.9. The van der Waals surface area contributed by atoms with E-state index in [1.54, 1.807) is 0 Å². The lowest BCUT2D eigenvalue weighted by molar-refractivity contribution is 0.117. The Labute approximate surface area is 122 Å². The van der Waals surface area contributed by atoms with Gasteiger partial charge in [-0.05, 0) is 57.7 Å². The molecule has 0 spiro atoms. The number of aliphatic hydroxyl groups is 1. The third-order valence-electron chi connectivity index (χ3n) is 4.79. The van der Waals surface area contributed by atoms with E-state index in [-0.39, 0.29) is 12.1 Å². The zero-order valence-electron chi connectivity index (χ0n) is 12.9. The third kappa shape index (κ3) is 3.15. The van der Waals surface area contributed by atoms with E-state index < -0.39 is 0 Å². The maximum Gasteiger partial charge on any atom is 0.122 e. The van der Waals surface area contributed by atoms with E-state index in [0.717, 1.165) is 25.2 Å². The number of likely N-dealkylation sites (N-methyl/N-ethyl adjacent to an activating group) is 1. The molecule has 0 amide bonds. The Kier molecular flexibility index (Phi) is 5.06. The van der Waals surface area contributed by atoms with Gasteiger partial charge in [0.05, 0.1) is 13.2 Å². The first-order valence-electron chi connectivity index (χ1n) is 7.61. The minimum absolute atomic E-state index is 0.0916. The zero-order chi connectivity index (χ0) is 14.6. The van der Waals surface area contributed by atoms with Crippen LogP contribution in [0.3, 0.4) is 0 Å². The summed E-state index contributed by atoms with van der Waals surface area (Å²) < 4.78 is 5.93. The molecule has 0 saturated heterocycles. The van der Waals surface area contributed by atoms with Gasteiger partial charge in [0.1, 0.15) is 5.75 Å². The molecule has 2 unspecified atom stereocenters. The summed E-state index contributed by atoms with van der Waals surface area (Å²) in [6.07, 6.45) is 4.43. The number of ether oxygens (including phenoxy) is 1. The molecule has 2 rings (SSSR count). The maximum atomic E-state index is 9.67. The minimum Gasteiger partial charge on any atom is -0.493 e. The summed E-state index contributed by atoms with van der Waals surface area (Å²) in [6, 6.07) is 6.29. The number of nitrogens with one attached hydrogen (secondary N) is 1. The van der Waals surface area contributed by atoms with Crippen LogP contribution in [0.15, 0.2) is 18.2 Å². The van der Waals surface area contributed by atoms with Crippen LogP contribution in [0.5, 0.6) is 5.75 Å². The molecule has 0 heterocycles. The lowest BCUT2D eigenvalue weighted by atomic mass is 9.86. The second-order valence-electron chi connectivity index (χ2n) is 6.06. The van der Waals surface area contributed by atoms with Gasteiger partial charge in [0.2, 0.25) is 0 Å². The van der Waals surface area contributed by atoms with Gasteiger partial charge in [-0.15, -0.1) is 0 Å². The molecule has 1 aliphatic carbocycles. The summed E-state index contributed by atoms with van der Waals surface area (Å²) in [5.74, 6) is 1.48. The summed E-state index contributed by atoms with van der Waals surface area (Å²) in [6.45, 7) is 5.12. The van der Waals surface area contributed by atoms with E-state index in [9.17, 15) is 5.11 Å². The molecular formula is C17H27NO2. The molecule has 0 aliphatic heterocycles. The van der Waals surface area contributed by atoms with E-state index in [2.05, 4.69) is 37.4 Å². The van der Waals surface area contributed by atoms with Crippen LogP contribution >= 0.6 is 0 Å². The summed E-state index contributed by atoms with van der Waals surface area (Å²) in [5.41, 5.74) is 2.37. The number of rotatable bonds is 6. The highest BCUT2D eigenvalue weighted by Gasteiger charge is 2.40. The average molecular weight is 277 g/mol. The van der Waals surface area contributed by atoms with Crippen LogP contribution in [-0.4, -0.2) is 30.9 Å². The van der Waals surface area contributed by atoms with Crippen LogP contribution in [-0.2, 0) is 0 Å². The average Bonchev–Trinajstić information content (AvgIpc) is 2.85. The highest BCUT2D eigenvalue weighted by atomic mass is 16.5. The van der Waals surface area contributed by atoms with Crippen molar-refractivity contribution < 1.29 is 9.84 Å². The molecule has 1 saturated carbocycles.